The van der Waals surface area contributed by atoms with E-state index >= 15 is 0 Å². The van der Waals surface area contributed by atoms with Crippen LogP contribution in [0.1, 0.15) is 36.5 Å². The van der Waals surface area contributed by atoms with Crippen LogP contribution in [0.2, 0.25) is 0 Å². The van der Waals surface area contributed by atoms with Crippen molar-refractivity contribution in [1.82, 2.24) is 5.32 Å². The number of fused-ring (bicyclic) bond motifs is 1. The van der Waals surface area contributed by atoms with Gasteiger partial charge in [-0.2, -0.15) is 0 Å². The third-order valence-electron chi connectivity index (χ3n) is 6.60. The van der Waals surface area contributed by atoms with Crippen LogP contribution < -0.4 is 19.7 Å². The maximum Gasteiger partial charge on any atom is 0.323 e. The minimum absolute atomic E-state index is 0.0920. The van der Waals surface area contributed by atoms with Crippen LogP contribution >= 0.6 is 0 Å². The molecule has 0 bridgehead atoms. The number of nitrogens with one attached hydrogen (secondary N) is 1. The van der Waals surface area contributed by atoms with Gasteiger partial charge in [0.2, 0.25) is 5.91 Å². The second-order valence-corrected chi connectivity index (χ2v) is 9.45. The lowest BCUT2D eigenvalue weighted by Gasteiger charge is -2.27. The summed E-state index contributed by atoms with van der Waals surface area (Å²) < 4.78 is 16.3. The van der Waals surface area contributed by atoms with E-state index in [-0.39, 0.29) is 12.5 Å². The zero-order valence-corrected chi connectivity index (χ0v) is 21.8. The van der Waals surface area contributed by atoms with Crippen LogP contribution in [0, 0.1) is 0 Å². The summed E-state index contributed by atoms with van der Waals surface area (Å²) in [5, 5.41) is 3.23. The summed E-state index contributed by atoms with van der Waals surface area (Å²) in [6.45, 7) is 4.79. The number of amides is 1. The summed E-state index contributed by atoms with van der Waals surface area (Å²) in [5.41, 5.74) is 3.87. The van der Waals surface area contributed by atoms with E-state index in [4.69, 9.17) is 14.2 Å². The molecule has 0 spiro atoms. The normalized spacial score (nSPS) is 16.0. The standard InChI is InChI=1S/C30H34N2O5/c1-20(2)23-13-9-22(10-14-23)18-32-27-7-5-6-8-28(27)37-19-26(29(32)33)31-25(30(34)36-4)17-21-11-15-24(35-3)16-12-21/h5-16,20,25-26,31H,17-19H2,1-4H3/t25-,26-/m0/s1. The molecule has 3 aromatic carbocycles. The van der Waals surface area contributed by atoms with Crippen LogP contribution in [0.3, 0.4) is 0 Å². The summed E-state index contributed by atoms with van der Waals surface area (Å²) in [4.78, 5) is 28.3. The minimum Gasteiger partial charge on any atom is -0.497 e. The molecule has 4 rings (SSSR count). The molecular formula is C30H34N2O5. The Balaban J connectivity index is 1.58. The Morgan fingerprint density at radius 1 is 1.00 bits per heavy atom. The van der Waals surface area contributed by atoms with Gasteiger partial charge in [-0.25, -0.2) is 0 Å². The average molecular weight is 503 g/mol. The molecule has 0 radical (unpaired) electrons. The number of hydrogen-bond donors (Lipinski definition) is 1. The molecule has 1 N–H and O–H groups in total. The van der Waals surface area contributed by atoms with Gasteiger partial charge in [0.25, 0.3) is 0 Å². The molecule has 194 valence electrons. The Bertz CT molecular complexity index is 1210. The summed E-state index contributed by atoms with van der Waals surface area (Å²) in [6, 6.07) is 21.8. The SMILES string of the molecule is COC(=O)[C@H](Cc1ccc(OC)cc1)N[C@H]1COc2ccccc2N(Cc2ccc(C(C)C)cc2)C1=O. The number of para-hydroxylation sites is 2. The maximum atomic E-state index is 13.9. The van der Waals surface area contributed by atoms with E-state index < -0.39 is 18.1 Å². The van der Waals surface area contributed by atoms with Crippen LogP contribution in [-0.2, 0) is 27.3 Å². The number of hydrogen-bond acceptors (Lipinski definition) is 6. The molecule has 1 heterocycles. The number of carbonyl (C=O) groups excluding carboxylic acids is 2. The van der Waals surface area contributed by atoms with E-state index in [2.05, 4.69) is 43.4 Å². The van der Waals surface area contributed by atoms with E-state index in [1.807, 2.05) is 48.5 Å². The van der Waals surface area contributed by atoms with Crippen molar-refractivity contribution in [2.75, 3.05) is 25.7 Å². The quantitative estimate of drug-likeness (QED) is 0.435. The first kappa shape index (κ1) is 26.2. The number of ether oxygens (including phenoxy) is 3. The van der Waals surface area contributed by atoms with Crippen LogP contribution in [-0.4, -0.2) is 44.8 Å². The largest absolute Gasteiger partial charge is 0.497 e. The van der Waals surface area contributed by atoms with Crippen molar-refractivity contribution in [3.63, 3.8) is 0 Å². The topological polar surface area (TPSA) is 77.1 Å². The van der Waals surface area contributed by atoms with Crippen LogP contribution in [0.15, 0.2) is 72.8 Å². The van der Waals surface area contributed by atoms with Gasteiger partial charge in [0.15, 0.2) is 0 Å². The van der Waals surface area contributed by atoms with Crippen molar-refractivity contribution in [3.8, 4) is 11.5 Å². The summed E-state index contributed by atoms with van der Waals surface area (Å²) in [5.74, 6) is 1.18. The molecular weight excluding hydrogens is 468 g/mol. The van der Waals surface area contributed by atoms with Crippen molar-refractivity contribution in [3.05, 3.63) is 89.5 Å². The molecule has 1 aliphatic heterocycles. The Morgan fingerprint density at radius 3 is 2.32 bits per heavy atom. The predicted octanol–water partition coefficient (Wildman–Crippen LogP) is 4.49. The molecule has 0 aliphatic carbocycles. The van der Waals surface area contributed by atoms with E-state index in [0.29, 0.717) is 30.3 Å². The minimum atomic E-state index is -0.746. The van der Waals surface area contributed by atoms with Crippen molar-refractivity contribution >= 4 is 17.6 Å². The number of nitrogens with zero attached hydrogens (tertiary/aromatic N) is 1. The zero-order chi connectivity index (χ0) is 26.4. The molecule has 7 nitrogen and oxygen atoms in total. The molecule has 0 unspecified atom stereocenters. The van der Waals surface area contributed by atoms with Gasteiger partial charge in [-0.05, 0) is 53.3 Å². The van der Waals surface area contributed by atoms with Crippen LogP contribution in [0.25, 0.3) is 0 Å². The number of rotatable bonds is 9. The van der Waals surface area contributed by atoms with Gasteiger partial charge in [0.1, 0.15) is 30.2 Å². The van der Waals surface area contributed by atoms with E-state index in [0.717, 1.165) is 16.9 Å². The molecule has 3 aromatic rings. The number of benzene rings is 3. The fourth-order valence-electron chi connectivity index (χ4n) is 4.42. The number of methoxy groups -OCH3 is 2. The smallest absolute Gasteiger partial charge is 0.323 e. The van der Waals surface area contributed by atoms with E-state index in [9.17, 15) is 9.59 Å². The second kappa shape index (κ2) is 11.9. The predicted molar refractivity (Wildman–Crippen MR) is 143 cm³/mol. The Morgan fingerprint density at radius 2 is 1.68 bits per heavy atom. The van der Waals surface area contributed by atoms with E-state index in [1.54, 1.807) is 12.0 Å². The highest BCUT2D eigenvalue weighted by molar-refractivity contribution is 5.99. The fraction of sp³-hybridized carbons (Fsp3) is 0.333. The first-order valence-electron chi connectivity index (χ1n) is 12.5. The second-order valence-electron chi connectivity index (χ2n) is 9.45. The lowest BCUT2D eigenvalue weighted by molar-refractivity contribution is -0.143. The molecule has 1 aliphatic rings. The van der Waals surface area contributed by atoms with Crippen molar-refractivity contribution < 1.29 is 23.8 Å². The molecule has 0 aromatic heterocycles. The zero-order valence-electron chi connectivity index (χ0n) is 21.8. The van der Waals surface area contributed by atoms with Gasteiger partial charge in [-0.3, -0.25) is 14.9 Å². The fourth-order valence-corrected chi connectivity index (χ4v) is 4.42. The highest BCUT2D eigenvalue weighted by Gasteiger charge is 2.34. The van der Waals surface area contributed by atoms with Gasteiger partial charge < -0.3 is 19.1 Å². The van der Waals surface area contributed by atoms with Gasteiger partial charge >= 0.3 is 5.97 Å². The maximum absolute atomic E-state index is 13.9. The van der Waals surface area contributed by atoms with Gasteiger partial charge in [0.05, 0.1) is 26.5 Å². The summed E-state index contributed by atoms with van der Waals surface area (Å²) in [7, 11) is 2.95. The molecule has 0 saturated heterocycles. The Hall–Kier alpha value is -3.84. The van der Waals surface area contributed by atoms with Crippen molar-refractivity contribution in [2.45, 2.75) is 44.8 Å². The first-order valence-corrected chi connectivity index (χ1v) is 12.5. The number of carbonyl (C=O) groups is 2. The molecule has 2 atom stereocenters. The highest BCUT2D eigenvalue weighted by Crippen LogP contribution is 2.32. The number of esters is 1. The molecule has 1 amide bonds. The van der Waals surface area contributed by atoms with Crippen molar-refractivity contribution in [2.24, 2.45) is 0 Å². The lowest BCUT2D eigenvalue weighted by atomic mass is 10.0. The van der Waals surface area contributed by atoms with Crippen LogP contribution in [0.5, 0.6) is 11.5 Å². The third-order valence-corrected chi connectivity index (χ3v) is 6.60. The molecule has 7 heteroatoms. The van der Waals surface area contributed by atoms with Gasteiger partial charge in [-0.15, -0.1) is 0 Å². The average Bonchev–Trinajstić information content (AvgIpc) is 3.05. The van der Waals surface area contributed by atoms with Gasteiger partial charge in [-0.1, -0.05) is 62.4 Å². The Labute approximate surface area is 218 Å². The summed E-state index contributed by atoms with van der Waals surface area (Å²) in [6.07, 6.45) is 0.351. The van der Waals surface area contributed by atoms with E-state index in [1.165, 1.54) is 12.7 Å². The monoisotopic (exact) mass is 502 g/mol. The highest BCUT2D eigenvalue weighted by atomic mass is 16.5. The molecule has 0 saturated carbocycles. The Kier molecular flexibility index (Phi) is 8.46. The van der Waals surface area contributed by atoms with Crippen LogP contribution in [0.4, 0.5) is 5.69 Å². The van der Waals surface area contributed by atoms with Gasteiger partial charge in [0, 0.05) is 0 Å². The molecule has 37 heavy (non-hydrogen) atoms. The number of anilines is 1. The van der Waals surface area contributed by atoms with Crippen molar-refractivity contribution in [1.29, 1.82) is 0 Å². The first-order chi connectivity index (χ1) is 17.9. The summed E-state index contributed by atoms with van der Waals surface area (Å²) >= 11 is 0. The molecule has 0 fully saturated rings. The lowest BCUT2D eigenvalue weighted by Crippen LogP contribution is -2.54. The third kappa shape index (κ3) is 6.30.